The number of rotatable bonds is 8. The molecule has 0 amide bonds. The summed E-state index contributed by atoms with van der Waals surface area (Å²) >= 11 is 0. The Morgan fingerprint density at radius 3 is 2.12 bits per heavy atom. The maximum Gasteiger partial charge on any atom is 0.270 e. The summed E-state index contributed by atoms with van der Waals surface area (Å²) in [6.45, 7) is 19.3. The Kier molecular flexibility index (Phi) is 6.16. The average molecular weight is 331 g/mol. The molecule has 0 N–H and O–H groups in total. The van der Waals surface area contributed by atoms with Crippen molar-refractivity contribution in [2.75, 3.05) is 26.2 Å². The zero-order valence-electron chi connectivity index (χ0n) is 16.3. The van der Waals surface area contributed by atoms with Crippen LogP contribution >= 0.6 is 0 Å². The Morgan fingerprint density at radius 1 is 1.00 bits per heavy atom. The van der Waals surface area contributed by atoms with Crippen LogP contribution in [-0.2, 0) is 6.54 Å². The highest BCUT2D eigenvalue weighted by Crippen LogP contribution is 2.16. The van der Waals surface area contributed by atoms with Crippen LogP contribution in [0, 0.1) is 20.8 Å². The Labute approximate surface area is 147 Å². The maximum atomic E-state index is 4.57. The molecule has 1 heterocycles. The van der Waals surface area contributed by atoms with Crippen molar-refractivity contribution in [3.8, 4) is 5.69 Å². The SMILES string of the molecule is CC[N+](CC)(CC)CCCn1c[n+](-c2c(C)cc(C)cc2C)cn1. The van der Waals surface area contributed by atoms with Crippen LogP contribution in [-0.4, -0.2) is 40.4 Å². The van der Waals surface area contributed by atoms with E-state index in [1.165, 1.54) is 59.5 Å². The van der Waals surface area contributed by atoms with Crippen molar-refractivity contribution in [1.29, 1.82) is 0 Å². The van der Waals surface area contributed by atoms with Gasteiger partial charge in [-0.3, -0.25) is 0 Å². The second-order valence-corrected chi connectivity index (χ2v) is 7.03. The van der Waals surface area contributed by atoms with Gasteiger partial charge < -0.3 is 4.48 Å². The molecule has 0 fully saturated rings. The largest absolute Gasteiger partial charge is 0.324 e. The summed E-state index contributed by atoms with van der Waals surface area (Å²) in [5.74, 6) is 0. The van der Waals surface area contributed by atoms with Gasteiger partial charge in [-0.1, -0.05) is 17.7 Å². The van der Waals surface area contributed by atoms with E-state index in [1.807, 2.05) is 6.33 Å². The van der Waals surface area contributed by atoms with E-state index in [0.717, 1.165) is 6.54 Å². The second-order valence-electron chi connectivity index (χ2n) is 7.03. The number of aromatic nitrogens is 3. The fraction of sp³-hybridized carbons (Fsp3) is 0.600. The molecule has 0 unspecified atom stereocenters. The van der Waals surface area contributed by atoms with Gasteiger partial charge in [-0.2, -0.15) is 0 Å². The van der Waals surface area contributed by atoms with Gasteiger partial charge in [0.15, 0.2) is 0 Å². The molecule has 132 valence electrons. The van der Waals surface area contributed by atoms with Crippen molar-refractivity contribution in [1.82, 2.24) is 9.78 Å². The van der Waals surface area contributed by atoms with E-state index in [2.05, 4.69) is 74.4 Å². The first-order chi connectivity index (χ1) is 11.4. The third-order valence-electron chi connectivity index (χ3n) is 5.51. The first kappa shape index (κ1) is 18.7. The molecular formula is C20H34N4+2. The minimum atomic E-state index is 0.983. The number of aryl methyl sites for hydroxylation is 4. The van der Waals surface area contributed by atoms with Gasteiger partial charge in [0, 0.05) is 11.5 Å². The highest BCUT2D eigenvalue weighted by molar-refractivity contribution is 5.42. The minimum Gasteiger partial charge on any atom is -0.324 e. The second kappa shape index (κ2) is 7.93. The van der Waals surface area contributed by atoms with Gasteiger partial charge in [0.25, 0.3) is 6.33 Å². The molecule has 0 spiro atoms. The number of benzene rings is 1. The highest BCUT2D eigenvalue weighted by atomic mass is 15.4. The maximum absolute atomic E-state index is 4.57. The van der Waals surface area contributed by atoms with Crippen LogP contribution < -0.4 is 4.57 Å². The lowest BCUT2D eigenvalue weighted by molar-refractivity contribution is -0.923. The molecule has 0 aliphatic rings. The van der Waals surface area contributed by atoms with Crippen molar-refractivity contribution in [2.45, 2.75) is 54.5 Å². The molecule has 0 radical (unpaired) electrons. The Balaban J connectivity index is 2.07. The molecule has 4 heteroatoms. The molecule has 4 nitrogen and oxygen atoms in total. The van der Waals surface area contributed by atoms with Gasteiger partial charge in [0.2, 0.25) is 6.33 Å². The van der Waals surface area contributed by atoms with E-state index in [4.69, 9.17) is 0 Å². The van der Waals surface area contributed by atoms with Crippen molar-refractivity contribution in [3.05, 3.63) is 41.5 Å². The Bertz CT molecular complexity index is 637. The molecule has 0 saturated heterocycles. The van der Waals surface area contributed by atoms with Crippen molar-refractivity contribution in [2.24, 2.45) is 0 Å². The first-order valence-corrected chi connectivity index (χ1v) is 9.31. The van der Waals surface area contributed by atoms with Crippen LogP contribution in [0.15, 0.2) is 24.8 Å². The lowest BCUT2D eigenvalue weighted by Gasteiger charge is -2.35. The number of quaternary nitrogens is 1. The van der Waals surface area contributed by atoms with Crippen LogP contribution in [0.4, 0.5) is 0 Å². The zero-order chi connectivity index (χ0) is 17.7. The molecule has 1 aromatic carbocycles. The van der Waals surface area contributed by atoms with Gasteiger partial charge in [-0.15, -0.1) is 4.68 Å². The quantitative estimate of drug-likeness (QED) is 0.537. The molecule has 0 bridgehead atoms. The zero-order valence-corrected chi connectivity index (χ0v) is 16.3. The van der Waals surface area contributed by atoms with Crippen molar-refractivity contribution in [3.63, 3.8) is 0 Å². The fourth-order valence-electron chi connectivity index (χ4n) is 3.85. The molecular weight excluding hydrogens is 296 g/mol. The summed E-state index contributed by atoms with van der Waals surface area (Å²) in [5, 5.41) is 4.57. The van der Waals surface area contributed by atoms with E-state index < -0.39 is 0 Å². The number of hydrogen-bond acceptors (Lipinski definition) is 1. The lowest BCUT2D eigenvalue weighted by Crippen LogP contribution is -2.48. The minimum absolute atomic E-state index is 0.983. The molecule has 24 heavy (non-hydrogen) atoms. The van der Waals surface area contributed by atoms with Crippen molar-refractivity contribution < 1.29 is 9.05 Å². The summed E-state index contributed by atoms with van der Waals surface area (Å²) in [6, 6.07) is 4.48. The third-order valence-corrected chi connectivity index (χ3v) is 5.51. The van der Waals surface area contributed by atoms with E-state index in [1.54, 1.807) is 0 Å². The van der Waals surface area contributed by atoms with Crippen LogP contribution in [0.25, 0.3) is 5.69 Å². The molecule has 1 aromatic heterocycles. The van der Waals surface area contributed by atoms with Gasteiger partial charge in [-0.05, 0) is 52.7 Å². The summed E-state index contributed by atoms with van der Waals surface area (Å²) < 4.78 is 5.44. The average Bonchev–Trinajstić information content (AvgIpc) is 2.99. The summed E-state index contributed by atoms with van der Waals surface area (Å²) in [4.78, 5) is 0. The van der Waals surface area contributed by atoms with Crippen molar-refractivity contribution >= 4 is 0 Å². The fourth-order valence-corrected chi connectivity index (χ4v) is 3.85. The molecule has 0 atom stereocenters. The lowest BCUT2D eigenvalue weighted by atomic mass is 10.1. The molecule has 0 aliphatic carbocycles. The van der Waals surface area contributed by atoms with Crippen LogP contribution in [0.1, 0.15) is 43.9 Å². The van der Waals surface area contributed by atoms with Gasteiger partial charge in [-0.25, -0.2) is 4.57 Å². The molecule has 2 rings (SSSR count). The van der Waals surface area contributed by atoms with E-state index in [-0.39, 0.29) is 0 Å². The first-order valence-electron chi connectivity index (χ1n) is 9.31. The van der Waals surface area contributed by atoms with Crippen LogP contribution in [0.2, 0.25) is 0 Å². The van der Waals surface area contributed by atoms with Crippen LogP contribution in [0.5, 0.6) is 0 Å². The van der Waals surface area contributed by atoms with Crippen LogP contribution in [0.3, 0.4) is 0 Å². The third kappa shape index (κ3) is 4.04. The van der Waals surface area contributed by atoms with Gasteiger partial charge >= 0.3 is 0 Å². The van der Waals surface area contributed by atoms with E-state index in [0.29, 0.717) is 0 Å². The summed E-state index contributed by atoms with van der Waals surface area (Å²) in [5.41, 5.74) is 5.17. The predicted octanol–water partition coefficient (Wildman–Crippen LogP) is 3.35. The molecule has 0 saturated carbocycles. The standard InChI is InChI=1S/C20H34N4/c1-7-24(8-2,9-3)12-10-11-23-16-22(15-21-23)20-18(5)13-17(4)14-19(20)6/h13-16H,7-12H2,1-6H3/q+2. The number of hydrogen-bond donors (Lipinski definition) is 0. The highest BCUT2D eigenvalue weighted by Gasteiger charge is 2.21. The van der Waals surface area contributed by atoms with Gasteiger partial charge in [0.1, 0.15) is 12.2 Å². The Hall–Kier alpha value is -1.68. The monoisotopic (exact) mass is 330 g/mol. The summed E-state index contributed by atoms with van der Waals surface area (Å²) in [6.07, 6.45) is 5.23. The smallest absolute Gasteiger partial charge is 0.270 e. The topological polar surface area (TPSA) is 21.7 Å². The normalized spacial score (nSPS) is 11.9. The van der Waals surface area contributed by atoms with E-state index >= 15 is 0 Å². The Morgan fingerprint density at radius 2 is 1.58 bits per heavy atom. The predicted molar refractivity (Wildman–Crippen MR) is 99.3 cm³/mol. The number of nitrogens with zero attached hydrogens (tertiary/aromatic N) is 4. The van der Waals surface area contributed by atoms with E-state index in [9.17, 15) is 0 Å². The molecule has 2 aromatic rings. The summed E-state index contributed by atoms with van der Waals surface area (Å²) in [7, 11) is 0. The molecule has 0 aliphatic heterocycles. The van der Waals surface area contributed by atoms with Gasteiger partial charge in [0.05, 0.1) is 26.2 Å².